The molecule has 1 aliphatic rings. The van der Waals surface area contributed by atoms with Crippen molar-refractivity contribution >= 4 is 29.0 Å². The Hall–Kier alpha value is -4.21. The molecule has 1 fully saturated rings. The molecule has 0 radical (unpaired) electrons. The second-order valence-corrected chi connectivity index (χ2v) is 8.24. The van der Waals surface area contributed by atoms with Gasteiger partial charge in [-0.1, -0.05) is 18.2 Å². The van der Waals surface area contributed by atoms with Gasteiger partial charge in [-0.25, -0.2) is 4.68 Å². The van der Waals surface area contributed by atoms with E-state index < -0.39 is 10.8 Å². The molecule has 182 valence electrons. The number of amides is 2. The predicted octanol–water partition coefficient (Wildman–Crippen LogP) is 4.12. The summed E-state index contributed by atoms with van der Waals surface area (Å²) in [4.78, 5) is 41.3. The molecule has 0 bridgehead atoms. The molecule has 35 heavy (non-hydrogen) atoms. The molecular formula is C25H28N6O4. The number of nitrogens with one attached hydrogen (secondary N) is 1. The molecule has 2 heterocycles. The fourth-order valence-corrected chi connectivity index (χ4v) is 4.29. The van der Waals surface area contributed by atoms with E-state index in [0.29, 0.717) is 24.5 Å². The maximum absolute atomic E-state index is 13.3. The third-order valence-electron chi connectivity index (χ3n) is 6.16. The van der Waals surface area contributed by atoms with Crippen molar-refractivity contribution in [3.63, 3.8) is 0 Å². The molecule has 0 atom stereocenters. The van der Waals surface area contributed by atoms with Crippen molar-refractivity contribution in [3.8, 4) is 5.69 Å². The van der Waals surface area contributed by atoms with Crippen LogP contribution in [0.1, 0.15) is 47.4 Å². The predicted molar refractivity (Wildman–Crippen MR) is 133 cm³/mol. The van der Waals surface area contributed by atoms with Crippen molar-refractivity contribution in [2.45, 2.75) is 26.7 Å². The Labute approximate surface area is 203 Å². The van der Waals surface area contributed by atoms with E-state index in [1.165, 1.54) is 16.9 Å². The lowest BCUT2D eigenvalue weighted by molar-refractivity contribution is -0.384. The van der Waals surface area contributed by atoms with Crippen molar-refractivity contribution in [1.82, 2.24) is 14.7 Å². The summed E-state index contributed by atoms with van der Waals surface area (Å²) in [6.45, 7) is 6.26. The van der Waals surface area contributed by atoms with E-state index in [1.54, 1.807) is 17.0 Å². The summed E-state index contributed by atoms with van der Waals surface area (Å²) < 4.78 is 1.49. The Morgan fingerprint density at radius 2 is 1.77 bits per heavy atom. The first-order valence-electron chi connectivity index (χ1n) is 11.7. The van der Waals surface area contributed by atoms with Crippen molar-refractivity contribution in [1.29, 1.82) is 0 Å². The van der Waals surface area contributed by atoms with E-state index >= 15 is 0 Å². The lowest BCUT2D eigenvalue weighted by Crippen LogP contribution is -2.31. The normalized spacial score (nSPS) is 13.0. The Balaban J connectivity index is 1.71. The molecule has 1 N–H and O–H groups in total. The zero-order chi connectivity index (χ0) is 24.9. The second kappa shape index (κ2) is 10.4. The lowest BCUT2D eigenvalue weighted by atomic mass is 10.1. The number of para-hydroxylation sites is 1. The molecule has 2 aromatic carbocycles. The number of benzene rings is 2. The van der Waals surface area contributed by atoms with Crippen molar-refractivity contribution in [2.75, 3.05) is 36.4 Å². The van der Waals surface area contributed by atoms with Crippen molar-refractivity contribution in [2.24, 2.45) is 0 Å². The number of anilines is 2. The molecule has 3 aromatic rings. The second-order valence-electron chi connectivity index (χ2n) is 8.24. The number of aromatic nitrogens is 2. The number of rotatable bonds is 8. The zero-order valence-corrected chi connectivity index (χ0v) is 19.8. The first kappa shape index (κ1) is 23.9. The van der Waals surface area contributed by atoms with Gasteiger partial charge in [-0.05, 0) is 51.0 Å². The van der Waals surface area contributed by atoms with Gasteiger partial charge < -0.3 is 15.1 Å². The number of nitrogens with zero attached hydrogens (tertiary/aromatic N) is 5. The van der Waals surface area contributed by atoms with Gasteiger partial charge in [-0.3, -0.25) is 19.7 Å². The maximum atomic E-state index is 13.3. The summed E-state index contributed by atoms with van der Waals surface area (Å²) >= 11 is 0. The summed E-state index contributed by atoms with van der Waals surface area (Å²) in [6.07, 6.45) is 3.39. The zero-order valence-electron chi connectivity index (χ0n) is 19.8. The van der Waals surface area contributed by atoms with E-state index in [9.17, 15) is 19.7 Å². The van der Waals surface area contributed by atoms with Gasteiger partial charge in [-0.15, -0.1) is 0 Å². The largest absolute Gasteiger partial charge is 0.366 e. The summed E-state index contributed by atoms with van der Waals surface area (Å²) in [5.41, 5.74) is 1.43. The van der Waals surface area contributed by atoms with Crippen LogP contribution in [0.15, 0.2) is 54.7 Å². The summed E-state index contributed by atoms with van der Waals surface area (Å²) in [5.74, 6) is -0.612. The maximum Gasteiger partial charge on any atom is 0.293 e. The fourth-order valence-electron chi connectivity index (χ4n) is 4.29. The summed E-state index contributed by atoms with van der Waals surface area (Å²) in [6, 6.07) is 13.6. The molecule has 4 rings (SSSR count). The molecular weight excluding hydrogens is 448 g/mol. The van der Waals surface area contributed by atoms with Crippen LogP contribution in [-0.4, -0.2) is 57.6 Å². The van der Waals surface area contributed by atoms with Crippen LogP contribution in [0.2, 0.25) is 0 Å². The molecule has 0 unspecified atom stereocenters. The van der Waals surface area contributed by atoms with Gasteiger partial charge in [-0.2, -0.15) is 5.10 Å². The average molecular weight is 477 g/mol. The highest BCUT2D eigenvalue weighted by Crippen LogP contribution is 2.32. The lowest BCUT2D eigenvalue weighted by Gasteiger charge is -2.19. The number of nitro groups is 1. The van der Waals surface area contributed by atoms with Crippen LogP contribution in [0.25, 0.3) is 5.69 Å². The van der Waals surface area contributed by atoms with Crippen LogP contribution < -0.4 is 10.2 Å². The van der Waals surface area contributed by atoms with Crippen LogP contribution in [0.4, 0.5) is 17.2 Å². The van der Waals surface area contributed by atoms with E-state index in [4.69, 9.17) is 0 Å². The number of carbonyl (C=O) groups excluding carboxylic acids is 2. The minimum atomic E-state index is -0.563. The van der Waals surface area contributed by atoms with Gasteiger partial charge in [0, 0.05) is 37.8 Å². The summed E-state index contributed by atoms with van der Waals surface area (Å²) in [7, 11) is 0. The number of nitro benzene ring substituents is 1. The first-order valence-corrected chi connectivity index (χ1v) is 11.7. The standard InChI is InChI=1S/C25H28N6O4/c1-3-28(4-2)25(33)20-17-26-30(19-10-6-5-7-11-19)23(20)27-24(32)18-12-13-21(22(16-18)31(34)35)29-14-8-9-15-29/h5-7,10-13,16-17H,3-4,8-9,14-15H2,1-2H3,(H,27,32). The molecule has 0 aliphatic carbocycles. The average Bonchev–Trinajstić information content (AvgIpc) is 3.55. The third kappa shape index (κ3) is 4.86. The minimum absolute atomic E-state index is 0.115. The molecule has 2 amide bonds. The number of carbonyl (C=O) groups is 2. The minimum Gasteiger partial charge on any atom is -0.366 e. The van der Waals surface area contributed by atoms with Crippen molar-refractivity contribution < 1.29 is 14.5 Å². The quantitative estimate of drug-likeness (QED) is 0.387. The smallest absolute Gasteiger partial charge is 0.293 e. The van der Waals surface area contributed by atoms with Gasteiger partial charge in [0.25, 0.3) is 17.5 Å². The Bertz CT molecular complexity index is 1230. The molecule has 10 heteroatoms. The Morgan fingerprint density at radius 1 is 1.09 bits per heavy atom. The van der Waals surface area contributed by atoms with E-state index in [1.807, 2.05) is 49.1 Å². The molecule has 1 aromatic heterocycles. The topological polar surface area (TPSA) is 114 Å². The summed E-state index contributed by atoms with van der Waals surface area (Å²) in [5, 5.41) is 18.9. The Morgan fingerprint density at radius 3 is 2.40 bits per heavy atom. The van der Waals surface area contributed by atoms with Crippen molar-refractivity contribution in [3.05, 3.63) is 76.0 Å². The highest BCUT2D eigenvalue weighted by molar-refractivity contribution is 6.09. The molecule has 0 saturated carbocycles. The van der Waals surface area contributed by atoms with Gasteiger partial charge in [0.2, 0.25) is 0 Å². The monoisotopic (exact) mass is 476 g/mol. The van der Waals surface area contributed by atoms with Crippen LogP contribution in [0.5, 0.6) is 0 Å². The first-order chi connectivity index (χ1) is 16.9. The van der Waals surface area contributed by atoms with Gasteiger partial charge >= 0.3 is 0 Å². The van der Waals surface area contributed by atoms with Crippen LogP contribution in [-0.2, 0) is 0 Å². The SMILES string of the molecule is CCN(CC)C(=O)c1cnn(-c2ccccc2)c1NC(=O)c1ccc(N2CCCC2)c([N+](=O)[O-])c1. The highest BCUT2D eigenvalue weighted by Gasteiger charge is 2.27. The van der Waals surface area contributed by atoms with Crippen LogP contribution >= 0.6 is 0 Å². The molecule has 10 nitrogen and oxygen atoms in total. The van der Waals surface area contributed by atoms with Gasteiger partial charge in [0.1, 0.15) is 17.1 Å². The fraction of sp³-hybridized carbons (Fsp3) is 0.320. The number of hydrogen-bond acceptors (Lipinski definition) is 6. The van der Waals surface area contributed by atoms with Crippen LogP contribution in [0.3, 0.4) is 0 Å². The van der Waals surface area contributed by atoms with E-state index in [0.717, 1.165) is 25.9 Å². The molecule has 1 saturated heterocycles. The molecule has 1 aliphatic heterocycles. The van der Waals surface area contributed by atoms with Gasteiger partial charge in [0.15, 0.2) is 0 Å². The Kier molecular flexibility index (Phi) is 7.09. The third-order valence-corrected chi connectivity index (χ3v) is 6.16. The van der Waals surface area contributed by atoms with Gasteiger partial charge in [0.05, 0.1) is 16.8 Å². The van der Waals surface area contributed by atoms with Crippen LogP contribution in [0, 0.1) is 10.1 Å². The van der Waals surface area contributed by atoms with E-state index in [2.05, 4.69) is 10.4 Å². The van der Waals surface area contributed by atoms with E-state index in [-0.39, 0.29) is 28.5 Å². The highest BCUT2D eigenvalue weighted by atomic mass is 16.6. The number of hydrogen-bond donors (Lipinski definition) is 1. The molecule has 0 spiro atoms.